The topological polar surface area (TPSA) is 46.6 Å². The predicted octanol–water partition coefficient (Wildman–Crippen LogP) is 3.39. The van der Waals surface area contributed by atoms with E-state index >= 15 is 0 Å². The van der Waals surface area contributed by atoms with Crippen molar-refractivity contribution in [3.05, 3.63) is 34.9 Å². The fourth-order valence-corrected chi connectivity index (χ4v) is 2.71. The number of carbonyl (C=O) groups is 2. The Hall–Kier alpha value is -1.55. The maximum absolute atomic E-state index is 12.4. The Bertz CT molecular complexity index is 536. The van der Waals surface area contributed by atoms with E-state index in [0.717, 1.165) is 0 Å². The first-order chi connectivity index (χ1) is 10.5. The molecule has 2 rings (SSSR count). The van der Waals surface area contributed by atoms with Gasteiger partial charge in [-0.15, -0.1) is 0 Å². The SMILES string of the molecule is CC(C)COC(=O)C1CCN(C(=O)c2ccccc2Cl)CC1. The molecular weight excluding hydrogens is 302 g/mol. The standard InChI is InChI=1S/C17H22ClNO3/c1-12(2)11-22-17(21)13-7-9-19(10-8-13)16(20)14-5-3-4-6-15(14)18/h3-6,12-13H,7-11H2,1-2H3. The van der Waals surface area contributed by atoms with Crippen molar-refractivity contribution >= 4 is 23.5 Å². The lowest BCUT2D eigenvalue weighted by atomic mass is 9.96. The Kier molecular flexibility index (Phi) is 5.83. The minimum Gasteiger partial charge on any atom is -0.465 e. The van der Waals surface area contributed by atoms with Crippen LogP contribution in [-0.4, -0.2) is 36.5 Å². The molecule has 0 atom stereocenters. The van der Waals surface area contributed by atoms with Gasteiger partial charge in [0.1, 0.15) is 0 Å². The van der Waals surface area contributed by atoms with Gasteiger partial charge in [0, 0.05) is 13.1 Å². The number of ether oxygens (including phenoxy) is 1. The number of esters is 1. The van der Waals surface area contributed by atoms with Gasteiger partial charge in [-0.1, -0.05) is 37.6 Å². The molecule has 0 radical (unpaired) electrons. The molecule has 1 aromatic carbocycles. The average Bonchev–Trinajstić information content (AvgIpc) is 2.52. The molecule has 1 aromatic rings. The number of hydrogen-bond acceptors (Lipinski definition) is 3. The van der Waals surface area contributed by atoms with Crippen LogP contribution in [0.25, 0.3) is 0 Å². The van der Waals surface area contributed by atoms with Crippen LogP contribution in [-0.2, 0) is 9.53 Å². The molecule has 0 bridgehead atoms. The zero-order valence-corrected chi connectivity index (χ0v) is 13.8. The van der Waals surface area contributed by atoms with E-state index < -0.39 is 0 Å². The van der Waals surface area contributed by atoms with E-state index in [-0.39, 0.29) is 17.8 Å². The minimum atomic E-state index is -0.140. The lowest BCUT2D eigenvalue weighted by Gasteiger charge is -2.31. The Morgan fingerprint density at radius 1 is 1.27 bits per heavy atom. The number of rotatable bonds is 4. The summed E-state index contributed by atoms with van der Waals surface area (Å²) in [5, 5.41) is 0.464. The molecule has 1 amide bonds. The normalized spacial score (nSPS) is 15.9. The van der Waals surface area contributed by atoms with E-state index in [0.29, 0.717) is 49.0 Å². The first kappa shape index (κ1) is 16.8. The molecule has 0 spiro atoms. The maximum Gasteiger partial charge on any atom is 0.309 e. The molecule has 22 heavy (non-hydrogen) atoms. The molecule has 1 heterocycles. The molecule has 1 aliphatic heterocycles. The highest BCUT2D eigenvalue weighted by Gasteiger charge is 2.29. The second kappa shape index (κ2) is 7.63. The van der Waals surface area contributed by atoms with Crippen LogP contribution in [0.1, 0.15) is 37.0 Å². The van der Waals surface area contributed by atoms with Crippen molar-refractivity contribution in [3.8, 4) is 0 Å². The van der Waals surface area contributed by atoms with Crippen molar-refractivity contribution < 1.29 is 14.3 Å². The second-order valence-electron chi connectivity index (χ2n) is 6.07. The van der Waals surface area contributed by atoms with Gasteiger partial charge in [0.05, 0.1) is 23.1 Å². The number of halogens is 1. The van der Waals surface area contributed by atoms with Crippen LogP contribution in [0.3, 0.4) is 0 Å². The summed E-state index contributed by atoms with van der Waals surface area (Å²) in [6.45, 7) is 5.60. The number of nitrogens with zero attached hydrogens (tertiary/aromatic N) is 1. The molecule has 5 heteroatoms. The first-order valence-electron chi connectivity index (χ1n) is 7.69. The average molecular weight is 324 g/mol. The van der Waals surface area contributed by atoms with Gasteiger partial charge in [-0.25, -0.2) is 0 Å². The number of hydrogen-bond donors (Lipinski definition) is 0. The van der Waals surface area contributed by atoms with Crippen molar-refractivity contribution in [2.24, 2.45) is 11.8 Å². The van der Waals surface area contributed by atoms with Gasteiger partial charge in [-0.05, 0) is 30.9 Å². The molecule has 1 aliphatic rings. The summed E-state index contributed by atoms with van der Waals surface area (Å²) in [5.41, 5.74) is 0.519. The maximum atomic E-state index is 12.4. The smallest absolute Gasteiger partial charge is 0.309 e. The van der Waals surface area contributed by atoms with Crippen LogP contribution >= 0.6 is 11.6 Å². The third-order valence-corrected chi connectivity index (χ3v) is 4.11. The van der Waals surface area contributed by atoms with Crippen molar-refractivity contribution in [2.75, 3.05) is 19.7 Å². The van der Waals surface area contributed by atoms with Gasteiger partial charge in [-0.2, -0.15) is 0 Å². The van der Waals surface area contributed by atoms with E-state index in [9.17, 15) is 9.59 Å². The van der Waals surface area contributed by atoms with Crippen LogP contribution in [0.5, 0.6) is 0 Å². The zero-order valence-electron chi connectivity index (χ0n) is 13.0. The van der Waals surface area contributed by atoms with Gasteiger partial charge in [-0.3, -0.25) is 9.59 Å². The molecule has 1 saturated heterocycles. The predicted molar refractivity (Wildman–Crippen MR) is 85.9 cm³/mol. The summed E-state index contributed by atoms with van der Waals surface area (Å²) in [6.07, 6.45) is 1.29. The van der Waals surface area contributed by atoms with Crippen LogP contribution in [0.2, 0.25) is 5.02 Å². The Morgan fingerprint density at radius 3 is 2.50 bits per heavy atom. The third-order valence-electron chi connectivity index (χ3n) is 3.78. The molecule has 0 N–H and O–H groups in total. The van der Waals surface area contributed by atoms with Crippen molar-refractivity contribution in [2.45, 2.75) is 26.7 Å². The summed E-state index contributed by atoms with van der Waals surface area (Å²) in [4.78, 5) is 26.2. The molecule has 0 aliphatic carbocycles. The first-order valence-corrected chi connectivity index (χ1v) is 8.07. The third kappa shape index (κ3) is 4.23. The Labute approximate surface area is 136 Å². The molecule has 0 unspecified atom stereocenters. The van der Waals surface area contributed by atoms with Crippen molar-refractivity contribution in [1.82, 2.24) is 4.90 Å². The molecule has 120 valence electrons. The largest absolute Gasteiger partial charge is 0.465 e. The van der Waals surface area contributed by atoms with Crippen LogP contribution in [0, 0.1) is 11.8 Å². The fraction of sp³-hybridized carbons (Fsp3) is 0.529. The van der Waals surface area contributed by atoms with Crippen LogP contribution < -0.4 is 0 Å². The van der Waals surface area contributed by atoms with Crippen LogP contribution in [0.4, 0.5) is 0 Å². The second-order valence-corrected chi connectivity index (χ2v) is 6.48. The van der Waals surface area contributed by atoms with E-state index in [1.807, 2.05) is 13.8 Å². The number of amides is 1. The molecule has 4 nitrogen and oxygen atoms in total. The number of piperidine rings is 1. The monoisotopic (exact) mass is 323 g/mol. The lowest BCUT2D eigenvalue weighted by molar-refractivity contribution is -0.151. The summed E-state index contributed by atoms with van der Waals surface area (Å²) in [6, 6.07) is 7.05. The zero-order chi connectivity index (χ0) is 16.1. The van der Waals surface area contributed by atoms with E-state index in [2.05, 4.69) is 0 Å². The molecule has 0 saturated carbocycles. The quantitative estimate of drug-likeness (QED) is 0.798. The Morgan fingerprint density at radius 2 is 1.91 bits per heavy atom. The Balaban J connectivity index is 1.88. The molecule has 0 aromatic heterocycles. The number of benzene rings is 1. The number of likely N-dealkylation sites (tertiary alicyclic amines) is 1. The van der Waals surface area contributed by atoms with Gasteiger partial charge < -0.3 is 9.64 Å². The van der Waals surface area contributed by atoms with Gasteiger partial charge in [0.25, 0.3) is 5.91 Å². The van der Waals surface area contributed by atoms with Crippen molar-refractivity contribution in [3.63, 3.8) is 0 Å². The van der Waals surface area contributed by atoms with E-state index in [4.69, 9.17) is 16.3 Å². The summed E-state index contributed by atoms with van der Waals surface area (Å²) >= 11 is 6.07. The van der Waals surface area contributed by atoms with Gasteiger partial charge in [0.2, 0.25) is 0 Å². The fourth-order valence-electron chi connectivity index (χ4n) is 2.49. The van der Waals surface area contributed by atoms with Gasteiger partial charge >= 0.3 is 5.97 Å². The molecular formula is C17H22ClNO3. The molecule has 1 fully saturated rings. The van der Waals surface area contributed by atoms with E-state index in [1.165, 1.54) is 0 Å². The highest BCUT2D eigenvalue weighted by atomic mass is 35.5. The summed E-state index contributed by atoms with van der Waals surface area (Å²) < 4.78 is 5.28. The number of carbonyl (C=O) groups excluding carboxylic acids is 2. The highest BCUT2D eigenvalue weighted by Crippen LogP contribution is 2.23. The van der Waals surface area contributed by atoms with E-state index in [1.54, 1.807) is 29.2 Å². The lowest BCUT2D eigenvalue weighted by Crippen LogP contribution is -2.40. The summed E-state index contributed by atoms with van der Waals surface area (Å²) in [7, 11) is 0. The van der Waals surface area contributed by atoms with Crippen LogP contribution in [0.15, 0.2) is 24.3 Å². The summed E-state index contributed by atoms with van der Waals surface area (Å²) in [5.74, 6) is 0.0259. The highest BCUT2D eigenvalue weighted by molar-refractivity contribution is 6.33. The van der Waals surface area contributed by atoms with Crippen molar-refractivity contribution in [1.29, 1.82) is 0 Å². The van der Waals surface area contributed by atoms with Gasteiger partial charge in [0.15, 0.2) is 0 Å². The minimum absolute atomic E-state index is 0.0698.